The number of fused-ring (bicyclic) bond motifs is 1. The molecule has 1 atom stereocenters. The Morgan fingerprint density at radius 3 is 2.74 bits per heavy atom. The number of hydrogen-bond donors (Lipinski definition) is 2. The molecule has 7 nitrogen and oxygen atoms in total. The highest BCUT2D eigenvalue weighted by Crippen LogP contribution is 2.12. The number of aromatic nitrogens is 3. The van der Waals surface area contributed by atoms with Crippen LogP contribution in [0.15, 0.2) is 4.79 Å². The van der Waals surface area contributed by atoms with Gasteiger partial charge in [0.15, 0.2) is 0 Å². The molecule has 0 bridgehead atoms. The first-order chi connectivity index (χ1) is 11.1. The van der Waals surface area contributed by atoms with E-state index >= 15 is 0 Å². The minimum atomic E-state index is -0.551. The first-order valence-corrected chi connectivity index (χ1v) is 8.68. The highest BCUT2D eigenvalue weighted by molar-refractivity contribution is 5.75. The summed E-state index contributed by atoms with van der Waals surface area (Å²) in [7, 11) is 0. The van der Waals surface area contributed by atoms with E-state index in [9.17, 15) is 14.7 Å². The van der Waals surface area contributed by atoms with Crippen LogP contribution >= 0.6 is 0 Å². The molecule has 0 spiro atoms. The Morgan fingerprint density at radius 1 is 1.30 bits per heavy atom. The van der Waals surface area contributed by atoms with Crippen molar-refractivity contribution in [3.8, 4) is 0 Å². The van der Waals surface area contributed by atoms with Gasteiger partial charge in [-0.25, -0.2) is 9.48 Å². The van der Waals surface area contributed by atoms with Gasteiger partial charge in [0.25, 0.3) is 0 Å². The van der Waals surface area contributed by atoms with Gasteiger partial charge in [-0.1, -0.05) is 33.1 Å². The largest absolute Gasteiger partial charge is 0.391 e. The fraction of sp³-hybridized carbons (Fsp3) is 0.812. The third-order valence-electron chi connectivity index (χ3n) is 4.68. The number of aliphatic hydroxyl groups is 1. The molecule has 0 aromatic carbocycles. The van der Waals surface area contributed by atoms with Crippen LogP contribution in [0.25, 0.3) is 0 Å². The van der Waals surface area contributed by atoms with E-state index in [4.69, 9.17) is 0 Å². The molecule has 0 radical (unpaired) electrons. The number of amides is 1. The van der Waals surface area contributed by atoms with Crippen molar-refractivity contribution < 1.29 is 9.90 Å². The molecule has 0 saturated carbocycles. The fourth-order valence-corrected chi connectivity index (χ4v) is 3.14. The molecule has 1 aliphatic heterocycles. The monoisotopic (exact) mass is 324 g/mol. The minimum Gasteiger partial charge on any atom is -0.391 e. The Balaban J connectivity index is 1.92. The van der Waals surface area contributed by atoms with Crippen LogP contribution in [-0.2, 0) is 24.3 Å². The molecule has 0 saturated heterocycles. The number of hydrogen-bond acceptors (Lipinski definition) is 4. The summed E-state index contributed by atoms with van der Waals surface area (Å²) < 4.78 is 2.92. The summed E-state index contributed by atoms with van der Waals surface area (Å²) in [4.78, 5) is 24.3. The highest BCUT2D eigenvalue weighted by Gasteiger charge is 2.19. The average molecular weight is 324 g/mol. The zero-order valence-corrected chi connectivity index (χ0v) is 14.1. The molecule has 2 rings (SSSR count). The molecule has 130 valence electrons. The van der Waals surface area contributed by atoms with Gasteiger partial charge in [-0.2, -0.15) is 5.10 Å². The van der Waals surface area contributed by atoms with Gasteiger partial charge >= 0.3 is 5.69 Å². The molecule has 1 aliphatic rings. The summed E-state index contributed by atoms with van der Waals surface area (Å²) in [5, 5.41) is 17.0. The van der Waals surface area contributed by atoms with Crippen molar-refractivity contribution in [3.63, 3.8) is 0 Å². The van der Waals surface area contributed by atoms with Crippen LogP contribution in [0.4, 0.5) is 0 Å². The molecule has 7 heteroatoms. The van der Waals surface area contributed by atoms with Crippen molar-refractivity contribution in [1.29, 1.82) is 0 Å². The molecular formula is C16H28N4O3. The molecule has 0 fully saturated rings. The number of aliphatic hydroxyl groups excluding tert-OH is 1. The molecule has 1 amide bonds. The first-order valence-electron chi connectivity index (χ1n) is 8.68. The number of rotatable bonds is 7. The smallest absolute Gasteiger partial charge is 0.346 e. The first kappa shape index (κ1) is 17.7. The summed E-state index contributed by atoms with van der Waals surface area (Å²) in [5.74, 6) is 0.671. The van der Waals surface area contributed by atoms with E-state index in [2.05, 4.69) is 10.4 Å². The Bertz CT molecular complexity index is 574. The third kappa shape index (κ3) is 4.43. The lowest BCUT2D eigenvalue weighted by Gasteiger charge is -2.20. The van der Waals surface area contributed by atoms with Crippen LogP contribution < -0.4 is 11.0 Å². The Morgan fingerprint density at radius 2 is 2.04 bits per heavy atom. The van der Waals surface area contributed by atoms with E-state index < -0.39 is 6.10 Å². The number of nitrogens with one attached hydrogen (secondary N) is 1. The van der Waals surface area contributed by atoms with E-state index in [0.29, 0.717) is 6.54 Å². The van der Waals surface area contributed by atoms with Crippen molar-refractivity contribution in [1.82, 2.24) is 19.7 Å². The molecule has 1 aromatic rings. The quantitative estimate of drug-likeness (QED) is 0.772. The highest BCUT2D eigenvalue weighted by atomic mass is 16.3. The van der Waals surface area contributed by atoms with Gasteiger partial charge in [-0.05, 0) is 18.8 Å². The SMILES string of the molecule is CCC(CC)C(O)CNC(=O)Cn1nc2n(c1=O)CCCCC2. The van der Waals surface area contributed by atoms with Crippen LogP contribution in [0.3, 0.4) is 0 Å². The summed E-state index contributed by atoms with van der Waals surface area (Å²) in [6.45, 7) is 4.86. The molecule has 0 aliphatic carbocycles. The number of carbonyl (C=O) groups is 1. The second kappa shape index (κ2) is 8.29. The van der Waals surface area contributed by atoms with Gasteiger partial charge < -0.3 is 10.4 Å². The zero-order chi connectivity index (χ0) is 16.8. The van der Waals surface area contributed by atoms with E-state index in [1.807, 2.05) is 13.8 Å². The molecule has 2 heterocycles. The van der Waals surface area contributed by atoms with E-state index in [-0.39, 0.29) is 30.6 Å². The maximum atomic E-state index is 12.3. The maximum absolute atomic E-state index is 12.3. The lowest BCUT2D eigenvalue weighted by Crippen LogP contribution is -2.39. The fourth-order valence-electron chi connectivity index (χ4n) is 3.14. The van der Waals surface area contributed by atoms with Crippen LogP contribution in [0.2, 0.25) is 0 Å². The van der Waals surface area contributed by atoms with Crippen LogP contribution in [-0.4, -0.2) is 38.0 Å². The van der Waals surface area contributed by atoms with Crippen LogP contribution in [0.1, 0.15) is 51.8 Å². The number of carbonyl (C=O) groups excluding carboxylic acids is 1. The van der Waals surface area contributed by atoms with E-state index in [1.165, 1.54) is 4.68 Å². The molecule has 1 aromatic heterocycles. The molecular weight excluding hydrogens is 296 g/mol. The molecule has 2 N–H and O–H groups in total. The van der Waals surface area contributed by atoms with Crippen LogP contribution in [0, 0.1) is 5.92 Å². The molecule has 23 heavy (non-hydrogen) atoms. The van der Waals surface area contributed by atoms with Crippen molar-refractivity contribution in [2.24, 2.45) is 5.92 Å². The van der Waals surface area contributed by atoms with Crippen molar-refractivity contribution in [2.45, 2.75) is 71.6 Å². The average Bonchev–Trinajstić information content (AvgIpc) is 2.71. The van der Waals surface area contributed by atoms with Crippen LogP contribution in [0.5, 0.6) is 0 Å². The summed E-state index contributed by atoms with van der Waals surface area (Å²) in [6, 6.07) is 0. The second-order valence-corrected chi connectivity index (χ2v) is 6.27. The normalized spacial score (nSPS) is 16.0. The van der Waals surface area contributed by atoms with Crippen molar-refractivity contribution >= 4 is 5.91 Å². The van der Waals surface area contributed by atoms with Gasteiger partial charge in [-0.3, -0.25) is 9.36 Å². The van der Waals surface area contributed by atoms with E-state index in [1.54, 1.807) is 4.57 Å². The van der Waals surface area contributed by atoms with Gasteiger partial charge in [0.05, 0.1) is 6.10 Å². The Labute approximate surface area is 136 Å². The summed E-state index contributed by atoms with van der Waals surface area (Å²) >= 11 is 0. The van der Waals surface area contributed by atoms with Gasteiger partial charge in [0.1, 0.15) is 12.4 Å². The predicted molar refractivity (Wildman–Crippen MR) is 87.1 cm³/mol. The molecule has 1 unspecified atom stereocenters. The Kier molecular flexibility index (Phi) is 6.38. The Hall–Kier alpha value is -1.63. The van der Waals surface area contributed by atoms with E-state index in [0.717, 1.165) is 44.3 Å². The topological polar surface area (TPSA) is 89.2 Å². The van der Waals surface area contributed by atoms with Gasteiger partial charge in [0, 0.05) is 19.5 Å². The van der Waals surface area contributed by atoms with Crippen molar-refractivity contribution in [3.05, 3.63) is 16.3 Å². The standard InChI is InChI=1S/C16H28N4O3/c1-3-12(4-2)13(21)10-17-15(22)11-20-16(23)19-9-7-5-6-8-14(19)18-20/h12-13,21H,3-11H2,1-2H3,(H,17,22). The summed E-state index contributed by atoms with van der Waals surface area (Å²) in [6.07, 6.45) is 5.11. The zero-order valence-electron chi connectivity index (χ0n) is 14.1. The predicted octanol–water partition coefficient (Wildman–Crippen LogP) is 0.684. The minimum absolute atomic E-state index is 0.0888. The maximum Gasteiger partial charge on any atom is 0.346 e. The number of nitrogens with zero attached hydrogens (tertiary/aromatic N) is 3. The van der Waals surface area contributed by atoms with Gasteiger partial charge in [-0.15, -0.1) is 0 Å². The van der Waals surface area contributed by atoms with Crippen molar-refractivity contribution in [2.75, 3.05) is 6.54 Å². The third-order valence-corrected chi connectivity index (χ3v) is 4.68. The lowest BCUT2D eigenvalue weighted by molar-refractivity contribution is -0.122. The summed E-state index contributed by atoms with van der Waals surface area (Å²) in [5.41, 5.74) is -0.211. The lowest BCUT2D eigenvalue weighted by atomic mass is 9.96. The van der Waals surface area contributed by atoms with Gasteiger partial charge in [0.2, 0.25) is 5.91 Å². The number of aryl methyl sites for hydroxylation is 1. The second-order valence-electron chi connectivity index (χ2n) is 6.27.